The summed E-state index contributed by atoms with van der Waals surface area (Å²) in [6.45, 7) is 2.81. The van der Waals surface area contributed by atoms with Crippen LogP contribution in [0.15, 0.2) is 24.3 Å². The van der Waals surface area contributed by atoms with Crippen molar-refractivity contribution in [3.8, 4) is 5.75 Å². The van der Waals surface area contributed by atoms with Gasteiger partial charge in [0.05, 0.1) is 12.2 Å². The van der Waals surface area contributed by atoms with Crippen LogP contribution in [0.4, 0.5) is 0 Å². The van der Waals surface area contributed by atoms with Crippen molar-refractivity contribution in [3.63, 3.8) is 0 Å². The molecule has 110 valence electrons. The minimum atomic E-state index is 0.00189. The van der Waals surface area contributed by atoms with E-state index in [1.165, 1.54) is 5.75 Å². The molecule has 2 heterocycles. The largest absolute Gasteiger partial charge is 0.490 e. The number of benzene rings is 1. The number of hydrogen-bond donors (Lipinski definition) is 1. The summed E-state index contributed by atoms with van der Waals surface area (Å²) in [5.74, 6) is 3.26. The maximum Gasteiger partial charge on any atom is 0.124 e. The number of ether oxygens (including phenoxy) is 2. The smallest absolute Gasteiger partial charge is 0.124 e. The van der Waals surface area contributed by atoms with Gasteiger partial charge in [-0.25, -0.2) is 0 Å². The number of rotatable bonds is 3. The summed E-state index contributed by atoms with van der Waals surface area (Å²) >= 11 is 2.00. The van der Waals surface area contributed by atoms with Crippen LogP contribution in [0.25, 0.3) is 0 Å². The lowest BCUT2D eigenvalue weighted by atomic mass is 9.91. The van der Waals surface area contributed by atoms with E-state index in [9.17, 15) is 0 Å². The SMILES string of the molecule is CC(N)c1ccccc1OC1CCOC2(CCSC2)C1. The summed E-state index contributed by atoms with van der Waals surface area (Å²) in [5, 5.41) is 0. The molecule has 1 spiro atoms. The van der Waals surface area contributed by atoms with Gasteiger partial charge in [0, 0.05) is 30.2 Å². The second-order valence-electron chi connectivity index (χ2n) is 5.89. The monoisotopic (exact) mass is 293 g/mol. The van der Waals surface area contributed by atoms with Gasteiger partial charge < -0.3 is 15.2 Å². The van der Waals surface area contributed by atoms with E-state index in [-0.39, 0.29) is 17.7 Å². The normalized spacial score (nSPS) is 31.4. The van der Waals surface area contributed by atoms with Gasteiger partial charge in [0.1, 0.15) is 11.9 Å². The van der Waals surface area contributed by atoms with Crippen molar-refractivity contribution in [1.82, 2.24) is 0 Å². The van der Waals surface area contributed by atoms with Gasteiger partial charge in [0.25, 0.3) is 0 Å². The van der Waals surface area contributed by atoms with Crippen molar-refractivity contribution in [2.75, 3.05) is 18.1 Å². The Morgan fingerprint density at radius 3 is 3.05 bits per heavy atom. The zero-order valence-corrected chi connectivity index (χ0v) is 12.8. The van der Waals surface area contributed by atoms with Gasteiger partial charge in [-0.1, -0.05) is 18.2 Å². The highest BCUT2D eigenvalue weighted by atomic mass is 32.2. The average Bonchev–Trinajstić information content (AvgIpc) is 2.87. The zero-order valence-electron chi connectivity index (χ0n) is 12.0. The quantitative estimate of drug-likeness (QED) is 0.930. The number of nitrogens with two attached hydrogens (primary N) is 1. The molecule has 1 aromatic rings. The number of thioether (sulfide) groups is 1. The van der Waals surface area contributed by atoms with Gasteiger partial charge in [-0.15, -0.1) is 0 Å². The van der Waals surface area contributed by atoms with Gasteiger partial charge in [-0.3, -0.25) is 0 Å². The Morgan fingerprint density at radius 2 is 2.30 bits per heavy atom. The van der Waals surface area contributed by atoms with Gasteiger partial charge in [0.2, 0.25) is 0 Å². The average molecular weight is 293 g/mol. The molecular formula is C16H23NO2S. The predicted octanol–water partition coefficient (Wildman–Crippen LogP) is 3.14. The lowest BCUT2D eigenvalue weighted by Gasteiger charge is -2.38. The van der Waals surface area contributed by atoms with Crippen LogP contribution in [-0.2, 0) is 4.74 Å². The minimum Gasteiger partial charge on any atom is -0.490 e. The van der Waals surface area contributed by atoms with Crippen molar-refractivity contribution in [1.29, 1.82) is 0 Å². The van der Waals surface area contributed by atoms with Crippen LogP contribution in [0.1, 0.15) is 37.8 Å². The molecule has 0 aliphatic carbocycles. The molecule has 0 bridgehead atoms. The standard InChI is InChI=1S/C16H23NO2S/c1-12(17)14-4-2-3-5-15(14)19-13-6-8-18-16(10-13)7-9-20-11-16/h2-5,12-13H,6-11,17H2,1H3. The van der Waals surface area contributed by atoms with Gasteiger partial charge in [-0.05, 0) is 25.2 Å². The minimum absolute atomic E-state index is 0.00189. The molecule has 2 aliphatic rings. The lowest BCUT2D eigenvalue weighted by Crippen LogP contribution is -2.44. The maximum absolute atomic E-state index is 6.27. The Balaban J connectivity index is 1.71. The van der Waals surface area contributed by atoms with Crippen LogP contribution in [0.5, 0.6) is 5.75 Å². The van der Waals surface area contributed by atoms with E-state index in [2.05, 4.69) is 6.07 Å². The second kappa shape index (κ2) is 5.96. The van der Waals surface area contributed by atoms with Gasteiger partial charge >= 0.3 is 0 Å². The first-order valence-corrected chi connectivity index (χ1v) is 8.57. The lowest BCUT2D eigenvalue weighted by molar-refractivity contribution is -0.0960. The molecule has 2 saturated heterocycles. The molecule has 2 N–H and O–H groups in total. The molecule has 3 nitrogen and oxygen atoms in total. The predicted molar refractivity (Wildman–Crippen MR) is 83.3 cm³/mol. The summed E-state index contributed by atoms with van der Waals surface area (Å²) in [7, 11) is 0. The van der Waals surface area contributed by atoms with Gasteiger partial charge in [-0.2, -0.15) is 11.8 Å². The summed E-state index contributed by atoms with van der Waals surface area (Å²) in [4.78, 5) is 0. The molecular weight excluding hydrogens is 270 g/mol. The Morgan fingerprint density at radius 1 is 1.45 bits per heavy atom. The van der Waals surface area contributed by atoms with Gasteiger partial charge in [0.15, 0.2) is 0 Å². The van der Waals surface area contributed by atoms with Crippen LogP contribution in [0.2, 0.25) is 0 Å². The van der Waals surface area contributed by atoms with Crippen LogP contribution < -0.4 is 10.5 Å². The molecule has 2 aliphatic heterocycles. The molecule has 1 aromatic carbocycles. The topological polar surface area (TPSA) is 44.5 Å². The molecule has 0 radical (unpaired) electrons. The molecule has 0 aromatic heterocycles. The van der Waals surface area contributed by atoms with E-state index in [0.717, 1.165) is 42.9 Å². The molecule has 2 fully saturated rings. The molecule has 0 saturated carbocycles. The Bertz CT molecular complexity index is 458. The first-order chi connectivity index (χ1) is 9.69. The molecule has 3 rings (SSSR count). The molecule has 0 amide bonds. The Hall–Kier alpha value is -0.710. The van der Waals surface area contributed by atoms with E-state index in [4.69, 9.17) is 15.2 Å². The second-order valence-corrected chi connectivity index (χ2v) is 7.00. The third-order valence-electron chi connectivity index (χ3n) is 4.22. The van der Waals surface area contributed by atoms with E-state index in [0.29, 0.717) is 0 Å². The Labute approximate surface area is 125 Å². The van der Waals surface area contributed by atoms with Crippen LogP contribution in [0.3, 0.4) is 0 Å². The summed E-state index contributed by atoms with van der Waals surface area (Å²) in [6.07, 6.45) is 3.39. The first-order valence-electron chi connectivity index (χ1n) is 7.41. The summed E-state index contributed by atoms with van der Waals surface area (Å²) in [6, 6.07) is 8.12. The summed E-state index contributed by atoms with van der Waals surface area (Å²) in [5.41, 5.74) is 7.19. The van der Waals surface area contributed by atoms with E-state index < -0.39 is 0 Å². The highest BCUT2D eigenvalue weighted by Gasteiger charge is 2.41. The molecule has 4 heteroatoms. The molecule has 3 atom stereocenters. The van der Waals surface area contributed by atoms with Crippen LogP contribution >= 0.6 is 11.8 Å². The highest BCUT2D eigenvalue weighted by molar-refractivity contribution is 7.99. The number of para-hydroxylation sites is 1. The molecule has 20 heavy (non-hydrogen) atoms. The third kappa shape index (κ3) is 2.97. The highest BCUT2D eigenvalue weighted by Crippen LogP contribution is 2.39. The zero-order chi connectivity index (χ0) is 14.0. The van der Waals surface area contributed by atoms with Crippen molar-refractivity contribution < 1.29 is 9.47 Å². The molecule has 3 unspecified atom stereocenters. The fourth-order valence-corrected chi connectivity index (χ4v) is 4.47. The fraction of sp³-hybridized carbons (Fsp3) is 0.625. The van der Waals surface area contributed by atoms with Crippen LogP contribution in [-0.4, -0.2) is 29.8 Å². The first kappa shape index (κ1) is 14.2. The van der Waals surface area contributed by atoms with Crippen molar-refractivity contribution in [3.05, 3.63) is 29.8 Å². The van der Waals surface area contributed by atoms with Crippen molar-refractivity contribution in [2.24, 2.45) is 5.73 Å². The Kier molecular flexibility index (Phi) is 4.24. The summed E-state index contributed by atoms with van der Waals surface area (Å²) < 4.78 is 12.3. The van der Waals surface area contributed by atoms with Crippen molar-refractivity contribution in [2.45, 2.75) is 43.9 Å². The van der Waals surface area contributed by atoms with E-state index in [1.54, 1.807) is 0 Å². The van der Waals surface area contributed by atoms with Crippen LogP contribution in [0, 0.1) is 0 Å². The maximum atomic E-state index is 6.27. The fourth-order valence-electron chi connectivity index (χ4n) is 3.09. The van der Waals surface area contributed by atoms with E-state index in [1.807, 2.05) is 36.9 Å². The van der Waals surface area contributed by atoms with Crippen molar-refractivity contribution >= 4 is 11.8 Å². The van der Waals surface area contributed by atoms with E-state index >= 15 is 0 Å². The number of hydrogen-bond acceptors (Lipinski definition) is 4. The third-order valence-corrected chi connectivity index (χ3v) is 5.44.